The molecule has 25 heavy (non-hydrogen) atoms. The summed E-state index contributed by atoms with van der Waals surface area (Å²) in [7, 11) is 1.54. The molecule has 0 aromatic heterocycles. The van der Waals surface area contributed by atoms with E-state index in [1.54, 1.807) is 37.3 Å². The van der Waals surface area contributed by atoms with Crippen LogP contribution in [0.4, 0.5) is 11.4 Å². The van der Waals surface area contributed by atoms with E-state index in [4.69, 9.17) is 4.74 Å². The van der Waals surface area contributed by atoms with Crippen LogP contribution in [0.1, 0.15) is 11.1 Å². The van der Waals surface area contributed by atoms with E-state index in [0.717, 1.165) is 0 Å². The number of methoxy groups -OCH3 is 1. The molecule has 0 saturated carbocycles. The van der Waals surface area contributed by atoms with Gasteiger partial charge in [0.2, 0.25) is 0 Å². The van der Waals surface area contributed by atoms with E-state index in [2.05, 4.69) is 5.32 Å². The Hall–Kier alpha value is -3.66. The minimum atomic E-state index is -0.717. The number of nitriles is 1. The van der Waals surface area contributed by atoms with Gasteiger partial charge in [-0.1, -0.05) is 18.2 Å². The van der Waals surface area contributed by atoms with Crippen LogP contribution in [-0.4, -0.2) is 17.9 Å². The van der Waals surface area contributed by atoms with Gasteiger partial charge in [0.15, 0.2) is 0 Å². The molecule has 0 aliphatic heterocycles. The van der Waals surface area contributed by atoms with E-state index >= 15 is 0 Å². The maximum atomic E-state index is 12.3. The van der Waals surface area contributed by atoms with Crippen molar-refractivity contribution in [2.75, 3.05) is 12.4 Å². The molecular formula is C18H15N3O4. The number of carbonyl (C=O) groups excluding carboxylic acids is 1. The average molecular weight is 337 g/mol. The molecule has 7 nitrogen and oxygen atoms in total. The standard InChI is InChI=1S/C18H15N3O4/c1-12-3-8-16(17(9-12)21(23)24)20-18(22)14(11-19)10-13-4-6-15(25-2)7-5-13/h3-10H,1-2H3,(H,20,22). The first kappa shape index (κ1) is 17.7. The molecule has 0 unspecified atom stereocenters. The number of hydrogen-bond donors (Lipinski definition) is 1. The van der Waals surface area contributed by atoms with Crippen molar-refractivity contribution in [2.45, 2.75) is 6.92 Å². The van der Waals surface area contributed by atoms with Gasteiger partial charge in [0.1, 0.15) is 23.1 Å². The van der Waals surface area contributed by atoms with Crippen molar-refractivity contribution in [2.24, 2.45) is 0 Å². The highest BCUT2D eigenvalue weighted by Gasteiger charge is 2.18. The van der Waals surface area contributed by atoms with E-state index < -0.39 is 10.8 Å². The summed E-state index contributed by atoms with van der Waals surface area (Å²) >= 11 is 0. The maximum absolute atomic E-state index is 12.3. The Morgan fingerprint density at radius 3 is 2.52 bits per heavy atom. The number of hydrogen-bond acceptors (Lipinski definition) is 5. The van der Waals surface area contributed by atoms with Gasteiger partial charge in [-0.15, -0.1) is 0 Å². The predicted octanol–water partition coefficient (Wildman–Crippen LogP) is 3.46. The molecule has 1 N–H and O–H groups in total. The number of ether oxygens (including phenoxy) is 1. The third-order valence-corrected chi connectivity index (χ3v) is 3.39. The Balaban J connectivity index is 2.27. The predicted molar refractivity (Wildman–Crippen MR) is 93.0 cm³/mol. The zero-order valence-corrected chi connectivity index (χ0v) is 13.6. The first-order chi connectivity index (χ1) is 11.9. The zero-order chi connectivity index (χ0) is 18.4. The lowest BCUT2D eigenvalue weighted by Crippen LogP contribution is -2.14. The van der Waals surface area contributed by atoms with Crippen LogP contribution in [0.5, 0.6) is 5.75 Å². The van der Waals surface area contributed by atoms with Gasteiger partial charge in [0.25, 0.3) is 11.6 Å². The monoisotopic (exact) mass is 337 g/mol. The van der Waals surface area contributed by atoms with Gasteiger partial charge in [-0.25, -0.2) is 0 Å². The maximum Gasteiger partial charge on any atom is 0.293 e. The number of nitrogens with zero attached hydrogens (tertiary/aromatic N) is 2. The molecule has 0 spiro atoms. The van der Waals surface area contributed by atoms with Crippen LogP contribution in [0.15, 0.2) is 48.0 Å². The number of nitrogens with one attached hydrogen (secondary N) is 1. The molecule has 2 aromatic carbocycles. The second kappa shape index (κ2) is 7.75. The van der Waals surface area contributed by atoms with Crippen molar-refractivity contribution in [1.82, 2.24) is 0 Å². The highest BCUT2D eigenvalue weighted by atomic mass is 16.6. The van der Waals surface area contributed by atoms with Crippen LogP contribution in [-0.2, 0) is 4.79 Å². The van der Waals surface area contributed by atoms with Crippen LogP contribution < -0.4 is 10.1 Å². The fraction of sp³-hybridized carbons (Fsp3) is 0.111. The van der Waals surface area contributed by atoms with Crippen molar-refractivity contribution < 1.29 is 14.5 Å². The third-order valence-electron chi connectivity index (χ3n) is 3.39. The Morgan fingerprint density at radius 1 is 1.28 bits per heavy atom. The van der Waals surface area contributed by atoms with E-state index in [1.165, 1.54) is 25.3 Å². The second-order valence-corrected chi connectivity index (χ2v) is 5.17. The number of nitro benzene ring substituents is 1. The largest absolute Gasteiger partial charge is 0.497 e. The van der Waals surface area contributed by atoms with Crippen molar-refractivity contribution in [1.29, 1.82) is 5.26 Å². The number of anilines is 1. The van der Waals surface area contributed by atoms with Crippen LogP contribution in [0.3, 0.4) is 0 Å². The molecule has 7 heteroatoms. The van der Waals surface area contributed by atoms with Crippen molar-refractivity contribution in [3.8, 4) is 11.8 Å². The molecule has 0 aliphatic carbocycles. The Morgan fingerprint density at radius 2 is 1.96 bits per heavy atom. The van der Waals surface area contributed by atoms with Crippen LogP contribution in [0.25, 0.3) is 6.08 Å². The minimum Gasteiger partial charge on any atom is -0.497 e. The molecule has 0 atom stereocenters. The summed E-state index contributed by atoms with van der Waals surface area (Å²) in [6.07, 6.45) is 1.40. The van der Waals surface area contributed by atoms with Crippen molar-refractivity contribution in [3.05, 3.63) is 69.3 Å². The molecule has 0 saturated heterocycles. The molecule has 0 aliphatic rings. The van der Waals surface area contributed by atoms with Crippen LogP contribution in [0, 0.1) is 28.4 Å². The van der Waals surface area contributed by atoms with Gasteiger partial charge >= 0.3 is 0 Å². The smallest absolute Gasteiger partial charge is 0.293 e. The molecule has 126 valence electrons. The molecule has 0 radical (unpaired) electrons. The summed E-state index contributed by atoms with van der Waals surface area (Å²) in [5.41, 5.74) is 0.969. The minimum absolute atomic E-state index is 0.0384. The van der Waals surface area contributed by atoms with Gasteiger partial charge < -0.3 is 10.1 Å². The molecule has 0 heterocycles. The Kier molecular flexibility index (Phi) is 5.48. The lowest BCUT2D eigenvalue weighted by molar-refractivity contribution is -0.384. The van der Waals surface area contributed by atoms with E-state index in [9.17, 15) is 20.2 Å². The lowest BCUT2D eigenvalue weighted by Gasteiger charge is -2.06. The van der Waals surface area contributed by atoms with Gasteiger partial charge in [-0.05, 0) is 42.3 Å². The second-order valence-electron chi connectivity index (χ2n) is 5.17. The highest BCUT2D eigenvalue weighted by Crippen LogP contribution is 2.26. The first-order valence-corrected chi connectivity index (χ1v) is 7.27. The van der Waals surface area contributed by atoms with Crippen molar-refractivity contribution >= 4 is 23.4 Å². The Labute approximate surface area is 144 Å². The zero-order valence-electron chi connectivity index (χ0n) is 13.6. The average Bonchev–Trinajstić information content (AvgIpc) is 2.61. The highest BCUT2D eigenvalue weighted by molar-refractivity contribution is 6.10. The summed E-state index contributed by atoms with van der Waals surface area (Å²) < 4.78 is 5.04. The number of benzene rings is 2. The van der Waals surface area contributed by atoms with Gasteiger partial charge in [-0.3, -0.25) is 14.9 Å². The van der Waals surface area contributed by atoms with Gasteiger partial charge in [-0.2, -0.15) is 5.26 Å². The molecule has 0 fully saturated rings. The molecule has 2 aromatic rings. The summed E-state index contributed by atoms with van der Waals surface area (Å²) in [5, 5.41) is 22.7. The third kappa shape index (κ3) is 4.42. The molecule has 0 bridgehead atoms. The van der Waals surface area contributed by atoms with Crippen molar-refractivity contribution in [3.63, 3.8) is 0 Å². The van der Waals surface area contributed by atoms with E-state index in [0.29, 0.717) is 16.9 Å². The number of nitro groups is 1. The molecular weight excluding hydrogens is 322 g/mol. The van der Waals surface area contributed by atoms with Crippen LogP contribution >= 0.6 is 0 Å². The van der Waals surface area contributed by atoms with Gasteiger partial charge in [0, 0.05) is 6.07 Å². The SMILES string of the molecule is COc1ccc(C=C(C#N)C(=O)Nc2ccc(C)cc2[N+](=O)[O-])cc1. The Bertz CT molecular complexity index is 880. The summed E-state index contributed by atoms with van der Waals surface area (Å²) in [6, 6.07) is 13.0. The summed E-state index contributed by atoms with van der Waals surface area (Å²) in [4.78, 5) is 22.8. The number of carbonyl (C=O) groups is 1. The van der Waals surface area contributed by atoms with E-state index in [-0.39, 0.29) is 16.9 Å². The fourth-order valence-corrected chi connectivity index (χ4v) is 2.10. The lowest BCUT2D eigenvalue weighted by atomic mass is 10.1. The summed E-state index contributed by atoms with van der Waals surface area (Å²) in [5.74, 6) is -0.0688. The van der Waals surface area contributed by atoms with E-state index in [1.807, 2.05) is 6.07 Å². The fourth-order valence-electron chi connectivity index (χ4n) is 2.10. The topological polar surface area (TPSA) is 105 Å². The number of rotatable bonds is 5. The first-order valence-electron chi connectivity index (χ1n) is 7.27. The molecule has 2 rings (SSSR count). The number of amides is 1. The van der Waals surface area contributed by atoms with Gasteiger partial charge in [0.05, 0.1) is 12.0 Å². The normalized spacial score (nSPS) is 10.7. The molecule has 1 amide bonds. The van der Waals surface area contributed by atoms with Crippen LogP contribution in [0.2, 0.25) is 0 Å². The quantitative estimate of drug-likeness (QED) is 0.389. The number of aryl methyl sites for hydroxylation is 1. The summed E-state index contributed by atoms with van der Waals surface area (Å²) in [6.45, 7) is 1.71.